The molecule has 1 atom stereocenters. The molecule has 3 rings (SSSR count). The van der Waals surface area contributed by atoms with Crippen molar-refractivity contribution in [1.29, 1.82) is 5.26 Å². The zero-order chi connectivity index (χ0) is 22.4. The predicted molar refractivity (Wildman–Crippen MR) is 120 cm³/mol. The van der Waals surface area contributed by atoms with Crippen molar-refractivity contribution >= 4 is 17.5 Å². The largest absolute Gasteiger partial charge is 0.508 e. The van der Waals surface area contributed by atoms with Crippen LogP contribution in [0.4, 0.5) is 0 Å². The summed E-state index contributed by atoms with van der Waals surface area (Å²) in [5, 5.41) is 25.6. The first-order chi connectivity index (χ1) is 14.9. The molecular formula is C24H24ClN3O3. The fraction of sp³-hybridized carbons (Fsp3) is 0.250. The van der Waals surface area contributed by atoms with Gasteiger partial charge in [0.15, 0.2) is 0 Å². The van der Waals surface area contributed by atoms with E-state index in [4.69, 9.17) is 16.3 Å². The lowest BCUT2D eigenvalue weighted by atomic mass is 9.80. The van der Waals surface area contributed by atoms with Crippen LogP contribution in [0.25, 0.3) is 0 Å². The van der Waals surface area contributed by atoms with Gasteiger partial charge in [-0.2, -0.15) is 5.26 Å². The minimum atomic E-state index is -0.534. The monoisotopic (exact) mass is 437 g/mol. The van der Waals surface area contributed by atoms with Crippen LogP contribution >= 0.6 is 11.6 Å². The Labute approximate surface area is 186 Å². The van der Waals surface area contributed by atoms with E-state index in [2.05, 4.69) is 16.7 Å². The lowest BCUT2D eigenvalue weighted by molar-refractivity contribution is -0.117. The number of allylic oxidation sites excluding steroid dienone is 3. The van der Waals surface area contributed by atoms with Gasteiger partial charge in [-0.1, -0.05) is 29.8 Å². The number of nitrogens with one attached hydrogen (secondary N) is 2. The van der Waals surface area contributed by atoms with Crippen molar-refractivity contribution in [3.8, 4) is 17.6 Å². The molecule has 6 nitrogen and oxygen atoms in total. The highest BCUT2D eigenvalue weighted by molar-refractivity contribution is 6.31. The molecule has 7 heteroatoms. The zero-order valence-corrected chi connectivity index (χ0v) is 18.2. The number of hydrogen-bond donors (Lipinski definition) is 3. The molecule has 0 radical (unpaired) electrons. The topological polar surface area (TPSA) is 94.4 Å². The number of halogens is 1. The number of hydrogen-bond acceptors (Lipinski definition) is 5. The third-order valence-electron chi connectivity index (χ3n) is 5.05. The molecule has 31 heavy (non-hydrogen) atoms. The molecule has 1 aliphatic rings. The van der Waals surface area contributed by atoms with Gasteiger partial charge in [0.25, 0.3) is 0 Å². The quantitative estimate of drug-likeness (QED) is 0.558. The highest BCUT2D eigenvalue weighted by atomic mass is 35.5. The van der Waals surface area contributed by atoms with E-state index in [0.717, 1.165) is 5.56 Å². The molecule has 1 unspecified atom stereocenters. The van der Waals surface area contributed by atoms with Crippen LogP contribution < -0.4 is 15.4 Å². The standard InChI is InChI=1S/C24H24ClN3O3/c1-15-20(14-26)23(19-6-3-4-7-21(19)25)22(16(2)28-15)24(30)27-12-5-13-31-18-10-8-17(29)9-11-18/h3-4,6-11,23,28-29H,5,12-13H2,1-2H3,(H,27,30). The number of dihydropyridines is 1. The van der Waals surface area contributed by atoms with E-state index in [1.54, 1.807) is 30.3 Å². The molecule has 0 fully saturated rings. The third kappa shape index (κ3) is 5.19. The summed E-state index contributed by atoms with van der Waals surface area (Å²) in [7, 11) is 0. The van der Waals surface area contributed by atoms with Gasteiger partial charge in [-0.3, -0.25) is 4.79 Å². The number of amides is 1. The molecular weight excluding hydrogens is 414 g/mol. The van der Waals surface area contributed by atoms with Crippen molar-refractivity contribution in [2.24, 2.45) is 0 Å². The summed E-state index contributed by atoms with van der Waals surface area (Å²) < 4.78 is 5.61. The summed E-state index contributed by atoms with van der Waals surface area (Å²) in [5.41, 5.74) is 3.08. The van der Waals surface area contributed by atoms with Crippen LogP contribution in [-0.4, -0.2) is 24.2 Å². The predicted octanol–water partition coefficient (Wildman–Crippen LogP) is 4.39. The number of phenols is 1. The molecule has 2 aromatic rings. The number of aromatic hydroxyl groups is 1. The highest BCUT2D eigenvalue weighted by Crippen LogP contribution is 2.40. The van der Waals surface area contributed by atoms with Crippen LogP contribution in [-0.2, 0) is 4.79 Å². The Kier molecular flexibility index (Phi) is 7.22. The van der Waals surface area contributed by atoms with Crippen LogP contribution in [0.3, 0.4) is 0 Å². The minimum absolute atomic E-state index is 0.179. The van der Waals surface area contributed by atoms with Crippen LogP contribution in [0.5, 0.6) is 11.5 Å². The Morgan fingerprint density at radius 2 is 1.90 bits per heavy atom. The van der Waals surface area contributed by atoms with Crippen molar-refractivity contribution < 1.29 is 14.6 Å². The van der Waals surface area contributed by atoms with Crippen LogP contribution in [0.1, 0.15) is 31.7 Å². The molecule has 1 aliphatic heterocycles. The van der Waals surface area contributed by atoms with Crippen LogP contribution in [0.15, 0.2) is 71.1 Å². The fourth-order valence-corrected chi connectivity index (χ4v) is 3.81. The number of carbonyl (C=O) groups excluding carboxylic acids is 1. The second-order valence-corrected chi connectivity index (χ2v) is 7.63. The second-order valence-electron chi connectivity index (χ2n) is 7.22. The summed E-state index contributed by atoms with van der Waals surface area (Å²) in [4.78, 5) is 13.1. The number of carbonyl (C=O) groups is 1. The van der Waals surface area contributed by atoms with Gasteiger partial charge in [0.2, 0.25) is 5.91 Å². The Bertz CT molecular complexity index is 1070. The number of nitriles is 1. The average molecular weight is 438 g/mol. The van der Waals surface area contributed by atoms with Crippen LogP contribution in [0.2, 0.25) is 5.02 Å². The van der Waals surface area contributed by atoms with Crippen molar-refractivity contribution in [2.75, 3.05) is 13.2 Å². The lowest BCUT2D eigenvalue weighted by Crippen LogP contribution is -2.35. The highest BCUT2D eigenvalue weighted by Gasteiger charge is 2.34. The van der Waals surface area contributed by atoms with E-state index >= 15 is 0 Å². The molecule has 2 aromatic carbocycles. The summed E-state index contributed by atoms with van der Waals surface area (Å²) in [6.45, 7) is 4.47. The maximum atomic E-state index is 13.1. The molecule has 1 heterocycles. The minimum Gasteiger partial charge on any atom is -0.508 e. The van der Waals surface area contributed by atoms with E-state index in [1.165, 1.54) is 0 Å². The number of phenolic OH excluding ortho intramolecular Hbond substituents is 1. The molecule has 0 aliphatic carbocycles. The molecule has 0 spiro atoms. The maximum absolute atomic E-state index is 13.1. The molecule has 1 amide bonds. The molecule has 0 aromatic heterocycles. The molecule has 0 saturated carbocycles. The van der Waals surface area contributed by atoms with Crippen molar-refractivity contribution in [3.05, 3.63) is 81.7 Å². The number of nitrogens with zero attached hydrogens (tertiary/aromatic N) is 1. The first-order valence-electron chi connectivity index (χ1n) is 9.95. The first kappa shape index (κ1) is 22.3. The number of benzene rings is 2. The van der Waals surface area contributed by atoms with Crippen molar-refractivity contribution in [1.82, 2.24) is 10.6 Å². The molecule has 160 valence electrons. The lowest BCUT2D eigenvalue weighted by Gasteiger charge is -2.29. The van der Waals surface area contributed by atoms with Gasteiger partial charge >= 0.3 is 0 Å². The number of ether oxygens (including phenoxy) is 1. The van der Waals surface area contributed by atoms with Crippen molar-refractivity contribution in [2.45, 2.75) is 26.2 Å². The third-order valence-corrected chi connectivity index (χ3v) is 5.40. The molecule has 0 saturated heterocycles. The Morgan fingerprint density at radius 1 is 1.19 bits per heavy atom. The summed E-state index contributed by atoms with van der Waals surface area (Å²) >= 11 is 6.42. The SMILES string of the molecule is CC1=C(C#N)C(c2ccccc2Cl)C(C(=O)NCCCOc2ccc(O)cc2)=C(C)N1. The normalized spacial score (nSPS) is 15.9. The Hall–Kier alpha value is -3.43. The van der Waals surface area contributed by atoms with Gasteiger partial charge in [-0.15, -0.1) is 0 Å². The van der Waals surface area contributed by atoms with Gasteiger partial charge in [-0.25, -0.2) is 0 Å². The van der Waals surface area contributed by atoms with E-state index < -0.39 is 5.92 Å². The van der Waals surface area contributed by atoms with Gasteiger partial charge in [0.05, 0.1) is 24.2 Å². The van der Waals surface area contributed by atoms with Crippen molar-refractivity contribution in [3.63, 3.8) is 0 Å². The van der Waals surface area contributed by atoms with Gasteiger partial charge < -0.3 is 20.5 Å². The van der Waals surface area contributed by atoms with Gasteiger partial charge in [0, 0.05) is 28.5 Å². The van der Waals surface area contributed by atoms with E-state index in [0.29, 0.717) is 52.9 Å². The van der Waals surface area contributed by atoms with Gasteiger partial charge in [-0.05, 0) is 56.2 Å². The number of rotatable bonds is 7. The second kappa shape index (κ2) is 10.1. The Morgan fingerprint density at radius 3 is 2.58 bits per heavy atom. The first-order valence-corrected chi connectivity index (χ1v) is 10.3. The average Bonchev–Trinajstić information content (AvgIpc) is 2.74. The summed E-state index contributed by atoms with van der Waals surface area (Å²) in [5.74, 6) is 0.0451. The van der Waals surface area contributed by atoms with Crippen LogP contribution in [0, 0.1) is 11.3 Å². The summed E-state index contributed by atoms with van der Waals surface area (Å²) in [6, 6.07) is 16.0. The fourth-order valence-electron chi connectivity index (χ4n) is 3.56. The van der Waals surface area contributed by atoms with E-state index in [9.17, 15) is 15.2 Å². The molecule has 3 N–H and O–H groups in total. The van der Waals surface area contributed by atoms with E-state index in [-0.39, 0.29) is 11.7 Å². The smallest absolute Gasteiger partial charge is 0.249 e. The zero-order valence-electron chi connectivity index (χ0n) is 17.4. The summed E-state index contributed by atoms with van der Waals surface area (Å²) in [6.07, 6.45) is 0.600. The van der Waals surface area contributed by atoms with E-state index in [1.807, 2.05) is 32.0 Å². The molecule has 0 bridgehead atoms. The Balaban J connectivity index is 1.69. The maximum Gasteiger partial charge on any atom is 0.249 e. The van der Waals surface area contributed by atoms with Gasteiger partial charge in [0.1, 0.15) is 11.5 Å².